The van der Waals surface area contributed by atoms with Gasteiger partial charge in [-0.05, 0) is 11.6 Å². The molecule has 0 saturated heterocycles. The minimum Gasteiger partial charge on any atom is -0.369 e. The predicted octanol–water partition coefficient (Wildman–Crippen LogP) is 4.63. The van der Waals surface area contributed by atoms with E-state index in [1.54, 1.807) is 0 Å². The average molecular weight is 253 g/mol. The highest BCUT2D eigenvalue weighted by Gasteiger charge is 2.14. The number of fused-ring (bicyclic) bond motifs is 1. The first kappa shape index (κ1) is 11.3. The highest BCUT2D eigenvalue weighted by atomic mass is 32.1. The quantitative estimate of drug-likeness (QED) is 0.643. The number of benzene rings is 2. The molecule has 1 heterocycles. The van der Waals surface area contributed by atoms with Gasteiger partial charge < -0.3 is 4.90 Å². The topological polar surface area (TPSA) is 3.24 Å². The molecule has 1 aromatic heterocycles. The van der Waals surface area contributed by atoms with Gasteiger partial charge in [0.15, 0.2) is 0 Å². The summed E-state index contributed by atoms with van der Waals surface area (Å²) in [7, 11) is 4.22. The summed E-state index contributed by atoms with van der Waals surface area (Å²) in [5.41, 5.74) is 2.64. The Balaban J connectivity index is 2.35. The van der Waals surface area contributed by atoms with Gasteiger partial charge in [-0.25, -0.2) is 0 Å². The monoisotopic (exact) mass is 253 g/mol. The number of anilines is 1. The lowest BCUT2D eigenvalue weighted by Gasteiger charge is -2.13. The third-order valence-electron chi connectivity index (χ3n) is 3.05. The van der Waals surface area contributed by atoms with Crippen molar-refractivity contribution in [3.8, 4) is 11.1 Å². The minimum atomic E-state index is 1.29. The first-order valence-corrected chi connectivity index (χ1v) is 6.83. The molecule has 18 heavy (non-hydrogen) atoms. The van der Waals surface area contributed by atoms with Crippen molar-refractivity contribution in [3.05, 3.63) is 54.6 Å². The summed E-state index contributed by atoms with van der Waals surface area (Å²) >= 11 is 1.85. The Morgan fingerprint density at radius 3 is 2.22 bits per heavy atom. The molecule has 1 nitrogen and oxygen atoms in total. The fourth-order valence-electron chi connectivity index (χ4n) is 2.23. The Morgan fingerprint density at radius 2 is 1.50 bits per heavy atom. The molecular formula is C16H15NS. The van der Waals surface area contributed by atoms with E-state index in [1.807, 2.05) is 11.3 Å². The Kier molecular flexibility index (Phi) is 2.80. The van der Waals surface area contributed by atoms with E-state index in [4.69, 9.17) is 0 Å². The van der Waals surface area contributed by atoms with Gasteiger partial charge in [0.1, 0.15) is 0 Å². The molecule has 90 valence electrons. The van der Waals surface area contributed by atoms with E-state index in [0.29, 0.717) is 0 Å². The fourth-order valence-corrected chi connectivity index (χ4v) is 3.38. The van der Waals surface area contributed by atoms with Crippen LogP contribution in [0.3, 0.4) is 0 Å². The maximum atomic E-state index is 2.21. The second-order valence-corrected chi connectivity index (χ2v) is 5.57. The van der Waals surface area contributed by atoms with Crippen LogP contribution in [0.5, 0.6) is 0 Å². The van der Waals surface area contributed by atoms with E-state index in [1.165, 1.54) is 26.2 Å². The lowest BCUT2D eigenvalue weighted by Crippen LogP contribution is -2.07. The molecule has 0 bridgehead atoms. The maximum Gasteiger partial charge on any atom is 0.0995 e. The van der Waals surface area contributed by atoms with Crippen molar-refractivity contribution in [2.75, 3.05) is 19.0 Å². The lowest BCUT2D eigenvalue weighted by molar-refractivity contribution is 1.16. The number of rotatable bonds is 2. The summed E-state index contributed by atoms with van der Waals surface area (Å²) in [4.78, 5) is 2.20. The average Bonchev–Trinajstić information content (AvgIpc) is 2.79. The van der Waals surface area contributed by atoms with E-state index in [0.717, 1.165) is 0 Å². The van der Waals surface area contributed by atoms with Gasteiger partial charge in [0.05, 0.1) is 5.00 Å². The SMILES string of the molecule is CN(C)c1sc2ccccc2c1-c1ccccc1. The zero-order chi connectivity index (χ0) is 12.5. The predicted molar refractivity (Wildman–Crippen MR) is 81.6 cm³/mol. The zero-order valence-electron chi connectivity index (χ0n) is 10.6. The number of hydrogen-bond donors (Lipinski definition) is 0. The van der Waals surface area contributed by atoms with Gasteiger partial charge in [0, 0.05) is 29.7 Å². The van der Waals surface area contributed by atoms with Gasteiger partial charge in [-0.2, -0.15) is 0 Å². The molecule has 0 saturated carbocycles. The Bertz CT molecular complexity index is 668. The van der Waals surface area contributed by atoms with E-state index in [-0.39, 0.29) is 0 Å². The van der Waals surface area contributed by atoms with Gasteiger partial charge in [-0.3, -0.25) is 0 Å². The number of hydrogen-bond acceptors (Lipinski definition) is 2. The standard InChI is InChI=1S/C16H15NS/c1-17(2)16-15(12-8-4-3-5-9-12)13-10-6-7-11-14(13)18-16/h3-11H,1-2H3. The normalized spacial score (nSPS) is 10.8. The van der Waals surface area contributed by atoms with Gasteiger partial charge in [0.25, 0.3) is 0 Å². The Labute approximate surface area is 111 Å². The van der Waals surface area contributed by atoms with Crippen molar-refractivity contribution in [3.63, 3.8) is 0 Å². The van der Waals surface area contributed by atoms with Gasteiger partial charge in [-0.15, -0.1) is 11.3 Å². The molecular weight excluding hydrogens is 238 g/mol. The van der Waals surface area contributed by atoms with Crippen LogP contribution in [0.4, 0.5) is 5.00 Å². The van der Waals surface area contributed by atoms with Gasteiger partial charge >= 0.3 is 0 Å². The van der Waals surface area contributed by atoms with Gasteiger partial charge in [-0.1, -0.05) is 48.5 Å². The zero-order valence-corrected chi connectivity index (χ0v) is 11.4. The molecule has 0 aliphatic rings. The fraction of sp³-hybridized carbons (Fsp3) is 0.125. The van der Waals surface area contributed by atoms with Crippen molar-refractivity contribution in [1.82, 2.24) is 0 Å². The van der Waals surface area contributed by atoms with Crippen molar-refractivity contribution in [2.24, 2.45) is 0 Å². The molecule has 0 aliphatic heterocycles. The van der Waals surface area contributed by atoms with E-state index >= 15 is 0 Å². The van der Waals surface area contributed by atoms with Crippen LogP contribution in [0.1, 0.15) is 0 Å². The van der Waals surface area contributed by atoms with Crippen LogP contribution in [0.15, 0.2) is 54.6 Å². The summed E-state index contributed by atoms with van der Waals surface area (Å²) in [6.45, 7) is 0. The molecule has 0 fully saturated rings. The van der Waals surface area contributed by atoms with Crippen LogP contribution in [-0.2, 0) is 0 Å². The van der Waals surface area contributed by atoms with Crippen molar-refractivity contribution in [1.29, 1.82) is 0 Å². The number of nitrogens with zero attached hydrogens (tertiary/aromatic N) is 1. The summed E-state index contributed by atoms with van der Waals surface area (Å²) in [6, 6.07) is 19.2. The molecule has 3 rings (SSSR count). The molecule has 0 atom stereocenters. The van der Waals surface area contributed by atoms with Crippen LogP contribution >= 0.6 is 11.3 Å². The summed E-state index contributed by atoms with van der Waals surface area (Å²) < 4.78 is 1.35. The first-order valence-electron chi connectivity index (χ1n) is 6.01. The summed E-state index contributed by atoms with van der Waals surface area (Å²) in [5, 5.41) is 2.67. The molecule has 2 aromatic carbocycles. The maximum absolute atomic E-state index is 2.21. The van der Waals surface area contributed by atoms with Gasteiger partial charge in [0.2, 0.25) is 0 Å². The van der Waals surface area contributed by atoms with E-state index in [9.17, 15) is 0 Å². The summed E-state index contributed by atoms with van der Waals surface area (Å²) in [5.74, 6) is 0. The van der Waals surface area contributed by atoms with Crippen LogP contribution < -0.4 is 4.90 Å². The summed E-state index contributed by atoms with van der Waals surface area (Å²) in [6.07, 6.45) is 0. The highest BCUT2D eigenvalue weighted by molar-refractivity contribution is 7.23. The molecule has 3 aromatic rings. The minimum absolute atomic E-state index is 1.29. The molecule has 0 aliphatic carbocycles. The number of thiophene rings is 1. The van der Waals surface area contributed by atoms with Crippen molar-refractivity contribution >= 4 is 26.4 Å². The highest BCUT2D eigenvalue weighted by Crippen LogP contribution is 2.43. The third-order valence-corrected chi connectivity index (χ3v) is 4.38. The Morgan fingerprint density at radius 1 is 0.833 bits per heavy atom. The smallest absolute Gasteiger partial charge is 0.0995 e. The Hall–Kier alpha value is -1.80. The van der Waals surface area contributed by atoms with Crippen LogP contribution in [0, 0.1) is 0 Å². The first-order chi connectivity index (χ1) is 8.77. The molecule has 0 amide bonds. The van der Waals surface area contributed by atoms with Crippen molar-refractivity contribution in [2.45, 2.75) is 0 Å². The molecule has 2 heteroatoms. The van der Waals surface area contributed by atoms with E-state index < -0.39 is 0 Å². The van der Waals surface area contributed by atoms with Crippen molar-refractivity contribution < 1.29 is 0 Å². The van der Waals surface area contributed by atoms with E-state index in [2.05, 4.69) is 73.6 Å². The molecule has 0 unspecified atom stereocenters. The second-order valence-electron chi connectivity index (χ2n) is 4.54. The largest absolute Gasteiger partial charge is 0.369 e. The molecule has 0 radical (unpaired) electrons. The van der Waals surface area contributed by atoms with Crippen LogP contribution in [0.25, 0.3) is 21.2 Å². The van der Waals surface area contributed by atoms with Crippen LogP contribution in [-0.4, -0.2) is 14.1 Å². The second kappa shape index (κ2) is 4.46. The van der Waals surface area contributed by atoms with Crippen LogP contribution in [0.2, 0.25) is 0 Å². The third kappa shape index (κ3) is 1.79. The lowest BCUT2D eigenvalue weighted by atomic mass is 10.0. The molecule has 0 N–H and O–H groups in total. The molecule has 0 spiro atoms.